The lowest BCUT2D eigenvalue weighted by Gasteiger charge is -2.15. The Bertz CT molecular complexity index is 454. The van der Waals surface area contributed by atoms with Gasteiger partial charge in [-0.25, -0.2) is 0 Å². The first-order valence-corrected chi connectivity index (χ1v) is 6.13. The van der Waals surface area contributed by atoms with Crippen LogP contribution in [0.25, 0.3) is 0 Å². The van der Waals surface area contributed by atoms with Crippen molar-refractivity contribution in [1.82, 2.24) is 0 Å². The summed E-state index contributed by atoms with van der Waals surface area (Å²) in [4.78, 5) is 22.9. The number of aliphatic carboxylic acids is 1. The molecule has 4 heteroatoms. The van der Waals surface area contributed by atoms with E-state index in [-0.39, 0.29) is 6.42 Å². The fourth-order valence-electron chi connectivity index (χ4n) is 1.88. The number of rotatable bonds is 5. The van der Waals surface area contributed by atoms with Gasteiger partial charge in [-0.1, -0.05) is 32.0 Å². The van der Waals surface area contributed by atoms with Gasteiger partial charge in [0.15, 0.2) is 0 Å². The van der Waals surface area contributed by atoms with Gasteiger partial charge in [0.2, 0.25) is 5.91 Å². The molecule has 0 radical (unpaired) electrons. The molecule has 98 valence electrons. The largest absolute Gasteiger partial charge is 0.481 e. The van der Waals surface area contributed by atoms with Crippen molar-refractivity contribution in [2.24, 2.45) is 5.92 Å². The molecule has 0 aromatic heterocycles. The van der Waals surface area contributed by atoms with E-state index in [0.717, 1.165) is 23.2 Å². The summed E-state index contributed by atoms with van der Waals surface area (Å²) in [7, 11) is 0. The highest BCUT2D eigenvalue weighted by atomic mass is 16.4. The minimum absolute atomic E-state index is 0.286. The summed E-state index contributed by atoms with van der Waals surface area (Å²) in [6.07, 6.45) is 1.08. The van der Waals surface area contributed by atoms with Crippen molar-refractivity contribution in [1.29, 1.82) is 0 Å². The van der Waals surface area contributed by atoms with E-state index in [4.69, 9.17) is 5.11 Å². The summed E-state index contributed by atoms with van der Waals surface area (Å²) in [5.74, 6) is -2.52. The number of carboxylic acids is 1. The van der Waals surface area contributed by atoms with Crippen LogP contribution in [-0.2, 0) is 16.0 Å². The molecule has 1 aromatic rings. The molecular formula is C14H19NO3. The lowest BCUT2D eigenvalue weighted by atomic mass is 10.0. The lowest BCUT2D eigenvalue weighted by Crippen LogP contribution is -2.29. The average Bonchev–Trinajstić information content (AvgIpc) is 2.32. The van der Waals surface area contributed by atoms with Crippen LogP contribution >= 0.6 is 0 Å². The summed E-state index contributed by atoms with van der Waals surface area (Å²) in [5.41, 5.74) is 2.70. The highest BCUT2D eigenvalue weighted by Crippen LogP contribution is 2.22. The van der Waals surface area contributed by atoms with Gasteiger partial charge in [-0.2, -0.15) is 0 Å². The Morgan fingerprint density at radius 3 is 2.50 bits per heavy atom. The number of carbonyl (C=O) groups excluding carboxylic acids is 1. The van der Waals surface area contributed by atoms with Crippen LogP contribution in [-0.4, -0.2) is 17.0 Å². The summed E-state index contributed by atoms with van der Waals surface area (Å²) in [6.45, 7) is 5.59. The van der Waals surface area contributed by atoms with Crippen LogP contribution in [0.4, 0.5) is 5.69 Å². The number of hydrogen-bond donors (Lipinski definition) is 2. The molecule has 0 saturated carbocycles. The molecule has 2 N–H and O–H groups in total. The van der Waals surface area contributed by atoms with Gasteiger partial charge in [0.25, 0.3) is 0 Å². The minimum atomic E-state index is -1.08. The van der Waals surface area contributed by atoms with E-state index < -0.39 is 17.8 Å². The molecule has 0 bridgehead atoms. The maximum atomic E-state index is 11.9. The number of para-hydroxylation sites is 1. The number of carboxylic acid groups (broad SMARTS) is 1. The fraction of sp³-hybridized carbons (Fsp3) is 0.429. The lowest BCUT2D eigenvalue weighted by molar-refractivity contribution is -0.145. The van der Waals surface area contributed by atoms with Gasteiger partial charge in [0.05, 0.1) is 0 Å². The molecule has 1 atom stereocenters. The second-order valence-corrected chi connectivity index (χ2v) is 4.25. The molecule has 0 aliphatic heterocycles. The molecule has 0 heterocycles. The van der Waals surface area contributed by atoms with Crippen LogP contribution in [0.3, 0.4) is 0 Å². The van der Waals surface area contributed by atoms with Crippen molar-refractivity contribution in [3.05, 3.63) is 29.3 Å². The number of amides is 1. The zero-order chi connectivity index (χ0) is 13.7. The SMILES string of the molecule is CCc1cccc(C)c1NC(=O)C(CC)C(=O)O. The van der Waals surface area contributed by atoms with Crippen molar-refractivity contribution in [2.75, 3.05) is 5.32 Å². The van der Waals surface area contributed by atoms with E-state index in [1.54, 1.807) is 6.92 Å². The van der Waals surface area contributed by atoms with Gasteiger partial charge in [-0.15, -0.1) is 0 Å². The molecule has 0 aliphatic carbocycles. The average molecular weight is 249 g/mol. The Hall–Kier alpha value is -1.84. The molecule has 1 rings (SSSR count). The topological polar surface area (TPSA) is 66.4 Å². The van der Waals surface area contributed by atoms with E-state index in [0.29, 0.717) is 0 Å². The molecule has 1 amide bonds. The number of anilines is 1. The number of nitrogens with one attached hydrogen (secondary N) is 1. The Labute approximate surface area is 107 Å². The predicted molar refractivity (Wildman–Crippen MR) is 70.6 cm³/mol. The Kier molecular flexibility index (Phi) is 4.89. The number of carbonyl (C=O) groups is 2. The molecule has 0 saturated heterocycles. The zero-order valence-electron chi connectivity index (χ0n) is 11.0. The minimum Gasteiger partial charge on any atom is -0.481 e. The van der Waals surface area contributed by atoms with Crippen LogP contribution in [0.15, 0.2) is 18.2 Å². The summed E-state index contributed by atoms with van der Waals surface area (Å²) < 4.78 is 0. The fourth-order valence-corrected chi connectivity index (χ4v) is 1.88. The summed E-state index contributed by atoms with van der Waals surface area (Å²) >= 11 is 0. The van der Waals surface area contributed by atoms with Gasteiger partial charge < -0.3 is 10.4 Å². The first kappa shape index (κ1) is 14.2. The van der Waals surface area contributed by atoms with Crippen molar-refractivity contribution in [3.8, 4) is 0 Å². The van der Waals surface area contributed by atoms with Crippen molar-refractivity contribution in [2.45, 2.75) is 33.6 Å². The Balaban J connectivity index is 2.97. The third-order valence-electron chi connectivity index (χ3n) is 3.01. The number of aryl methyl sites for hydroxylation is 2. The summed E-state index contributed by atoms with van der Waals surface area (Å²) in [6, 6.07) is 5.76. The molecule has 18 heavy (non-hydrogen) atoms. The number of benzene rings is 1. The summed E-state index contributed by atoms with van der Waals surface area (Å²) in [5, 5.41) is 11.7. The van der Waals surface area contributed by atoms with Crippen LogP contribution in [0.1, 0.15) is 31.4 Å². The monoisotopic (exact) mass is 249 g/mol. The van der Waals surface area contributed by atoms with Gasteiger partial charge >= 0.3 is 5.97 Å². The predicted octanol–water partition coefficient (Wildman–Crippen LogP) is 2.61. The third kappa shape index (κ3) is 3.09. The highest BCUT2D eigenvalue weighted by Gasteiger charge is 2.24. The zero-order valence-corrected chi connectivity index (χ0v) is 11.0. The molecular weight excluding hydrogens is 230 g/mol. The Morgan fingerprint density at radius 1 is 1.33 bits per heavy atom. The van der Waals surface area contributed by atoms with Crippen LogP contribution in [0.5, 0.6) is 0 Å². The van der Waals surface area contributed by atoms with Crippen molar-refractivity contribution in [3.63, 3.8) is 0 Å². The van der Waals surface area contributed by atoms with E-state index in [9.17, 15) is 9.59 Å². The molecule has 4 nitrogen and oxygen atoms in total. The molecule has 0 spiro atoms. The van der Waals surface area contributed by atoms with Crippen molar-refractivity contribution < 1.29 is 14.7 Å². The maximum absolute atomic E-state index is 11.9. The molecule has 1 aromatic carbocycles. The van der Waals surface area contributed by atoms with Crippen LogP contribution < -0.4 is 5.32 Å². The first-order valence-electron chi connectivity index (χ1n) is 6.13. The van der Waals surface area contributed by atoms with Crippen LogP contribution in [0.2, 0.25) is 0 Å². The van der Waals surface area contributed by atoms with Gasteiger partial charge in [-0.05, 0) is 30.9 Å². The molecule has 1 unspecified atom stereocenters. The van der Waals surface area contributed by atoms with E-state index in [2.05, 4.69) is 5.32 Å². The Morgan fingerprint density at radius 2 is 2.00 bits per heavy atom. The molecule has 0 aliphatic rings. The normalized spacial score (nSPS) is 11.9. The highest BCUT2D eigenvalue weighted by molar-refractivity contribution is 6.04. The smallest absolute Gasteiger partial charge is 0.316 e. The van der Waals surface area contributed by atoms with E-state index in [1.165, 1.54) is 0 Å². The standard InChI is InChI=1S/C14H19NO3/c1-4-10-8-6-7-9(3)12(10)15-13(16)11(5-2)14(17)18/h6-8,11H,4-5H2,1-3H3,(H,15,16)(H,17,18). The number of hydrogen-bond acceptors (Lipinski definition) is 2. The van der Waals surface area contributed by atoms with Gasteiger partial charge in [-0.3, -0.25) is 9.59 Å². The second-order valence-electron chi connectivity index (χ2n) is 4.25. The van der Waals surface area contributed by atoms with Gasteiger partial charge in [0.1, 0.15) is 5.92 Å². The molecule has 0 fully saturated rings. The van der Waals surface area contributed by atoms with Crippen molar-refractivity contribution >= 4 is 17.6 Å². The first-order chi connectivity index (χ1) is 8.51. The third-order valence-corrected chi connectivity index (χ3v) is 3.01. The van der Waals surface area contributed by atoms with E-state index >= 15 is 0 Å². The maximum Gasteiger partial charge on any atom is 0.316 e. The van der Waals surface area contributed by atoms with Crippen LogP contribution in [0, 0.1) is 12.8 Å². The second kappa shape index (κ2) is 6.19. The van der Waals surface area contributed by atoms with E-state index in [1.807, 2.05) is 32.0 Å². The van der Waals surface area contributed by atoms with Gasteiger partial charge in [0, 0.05) is 5.69 Å². The quantitative estimate of drug-likeness (QED) is 0.788.